The summed E-state index contributed by atoms with van der Waals surface area (Å²) in [6.07, 6.45) is 1.27. The van der Waals surface area contributed by atoms with E-state index >= 15 is 0 Å². The molecule has 0 bridgehead atoms. The fraction of sp³-hybridized carbons (Fsp3) is 0.250. The molecule has 0 aromatic heterocycles. The lowest BCUT2D eigenvalue weighted by atomic mass is 9.97. The first kappa shape index (κ1) is 22.7. The number of amides is 2. The van der Waals surface area contributed by atoms with Gasteiger partial charge in [-0.3, -0.25) is 9.59 Å². The van der Waals surface area contributed by atoms with Crippen LogP contribution < -0.4 is 14.8 Å². The van der Waals surface area contributed by atoms with E-state index in [1.54, 1.807) is 25.3 Å². The van der Waals surface area contributed by atoms with Crippen molar-refractivity contribution >= 4 is 17.5 Å². The number of nitrogens with one attached hydrogen (secondary N) is 1. The van der Waals surface area contributed by atoms with E-state index < -0.39 is 0 Å². The SMILES string of the molecule is COc1ccc(C2=NN(C(=O)COc3cccc4c3CCNC4=O)C(c3ccc(C)cc3)C2)cc1. The number of fused-ring (bicyclic) bond motifs is 1. The second kappa shape index (κ2) is 9.62. The van der Waals surface area contributed by atoms with E-state index in [-0.39, 0.29) is 24.5 Å². The highest BCUT2D eigenvalue weighted by Crippen LogP contribution is 2.34. The van der Waals surface area contributed by atoms with Crippen LogP contribution in [0.2, 0.25) is 0 Å². The number of hydrogen-bond acceptors (Lipinski definition) is 5. The van der Waals surface area contributed by atoms with Crippen molar-refractivity contribution in [3.8, 4) is 11.5 Å². The van der Waals surface area contributed by atoms with Crippen molar-refractivity contribution in [1.29, 1.82) is 0 Å². The normalized spacial score (nSPS) is 16.9. The predicted octanol–water partition coefficient (Wildman–Crippen LogP) is 4.05. The maximum atomic E-state index is 13.4. The van der Waals surface area contributed by atoms with Crippen molar-refractivity contribution < 1.29 is 19.1 Å². The lowest BCUT2D eigenvalue weighted by molar-refractivity contribution is -0.135. The van der Waals surface area contributed by atoms with Gasteiger partial charge in [0.1, 0.15) is 11.5 Å². The van der Waals surface area contributed by atoms with E-state index in [0.29, 0.717) is 30.7 Å². The van der Waals surface area contributed by atoms with Gasteiger partial charge in [-0.15, -0.1) is 0 Å². The maximum Gasteiger partial charge on any atom is 0.281 e. The Kier molecular flexibility index (Phi) is 6.23. The van der Waals surface area contributed by atoms with Crippen molar-refractivity contribution in [3.05, 3.63) is 94.5 Å². The summed E-state index contributed by atoms with van der Waals surface area (Å²) in [7, 11) is 1.63. The Balaban J connectivity index is 1.39. The molecule has 7 heteroatoms. The van der Waals surface area contributed by atoms with Crippen LogP contribution in [-0.4, -0.2) is 42.8 Å². The number of methoxy groups -OCH3 is 1. The maximum absolute atomic E-state index is 13.4. The second-order valence-electron chi connectivity index (χ2n) is 8.72. The summed E-state index contributed by atoms with van der Waals surface area (Å²) in [6.45, 7) is 2.42. The molecule has 35 heavy (non-hydrogen) atoms. The van der Waals surface area contributed by atoms with Crippen LogP contribution in [0, 0.1) is 6.92 Å². The average molecular weight is 470 g/mol. The van der Waals surface area contributed by atoms with Gasteiger partial charge in [-0.2, -0.15) is 5.10 Å². The number of benzene rings is 3. The van der Waals surface area contributed by atoms with Gasteiger partial charge in [0.05, 0.1) is 18.9 Å². The third-order valence-corrected chi connectivity index (χ3v) is 6.44. The molecule has 5 rings (SSSR count). The first-order valence-electron chi connectivity index (χ1n) is 11.7. The van der Waals surface area contributed by atoms with Gasteiger partial charge in [-0.1, -0.05) is 35.9 Å². The Morgan fingerprint density at radius 3 is 2.60 bits per heavy atom. The molecular weight excluding hydrogens is 442 g/mol. The standard InChI is InChI=1S/C28H27N3O4/c1-18-6-8-20(9-7-18)25-16-24(19-10-12-21(34-2)13-11-19)30-31(25)27(32)17-35-26-5-3-4-23-22(26)14-15-29-28(23)33/h3-13,25H,14-17H2,1-2H3,(H,29,33). The van der Waals surface area contributed by atoms with Gasteiger partial charge in [-0.05, 0) is 60.9 Å². The zero-order chi connectivity index (χ0) is 24.4. The molecule has 2 amide bonds. The van der Waals surface area contributed by atoms with Crippen LogP contribution in [0.4, 0.5) is 0 Å². The van der Waals surface area contributed by atoms with Crippen molar-refractivity contribution in [1.82, 2.24) is 10.3 Å². The number of carbonyl (C=O) groups is 2. The van der Waals surface area contributed by atoms with Gasteiger partial charge in [0.2, 0.25) is 0 Å². The van der Waals surface area contributed by atoms with E-state index in [1.165, 1.54) is 5.01 Å². The van der Waals surface area contributed by atoms with Crippen molar-refractivity contribution in [3.63, 3.8) is 0 Å². The van der Waals surface area contributed by atoms with Gasteiger partial charge in [-0.25, -0.2) is 5.01 Å². The summed E-state index contributed by atoms with van der Waals surface area (Å²) in [5.41, 5.74) is 5.39. The number of ether oxygens (including phenoxy) is 2. The minimum absolute atomic E-state index is 0.115. The molecule has 0 radical (unpaired) electrons. The first-order chi connectivity index (χ1) is 17.0. The Morgan fingerprint density at radius 2 is 1.86 bits per heavy atom. The van der Waals surface area contributed by atoms with E-state index in [2.05, 4.69) is 5.32 Å². The summed E-state index contributed by atoms with van der Waals surface area (Å²) in [4.78, 5) is 25.5. The highest BCUT2D eigenvalue weighted by molar-refractivity contribution is 6.03. The third kappa shape index (κ3) is 4.62. The van der Waals surface area contributed by atoms with Crippen LogP contribution in [0.25, 0.3) is 0 Å². The van der Waals surface area contributed by atoms with Gasteiger partial charge in [0.15, 0.2) is 6.61 Å². The molecule has 0 fully saturated rings. The smallest absolute Gasteiger partial charge is 0.281 e. The van der Waals surface area contributed by atoms with Crippen LogP contribution in [0.5, 0.6) is 11.5 Å². The van der Waals surface area contributed by atoms with Gasteiger partial charge >= 0.3 is 0 Å². The molecule has 178 valence electrons. The van der Waals surface area contributed by atoms with Crippen molar-refractivity contribution in [2.24, 2.45) is 5.10 Å². The van der Waals surface area contributed by atoms with Crippen LogP contribution in [-0.2, 0) is 11.2 Å². The molecular formula is C28H27N3O4. The average Bonchev–Trinajstić information content (AvgIpc) is 3.34. The lowest BCUT2D eigenvalue weighted by Gasteiger charge is -2.23. The number of rotatable bonds is 6. The zero-order valence-corrected chi connectivity index (χ0v) is 19.8. The Morgan fingerprint density at radius 1 is 1.09 bits per heavy atom. The molecule has 0 spiro atoms. The molecule has 2 aliphatic heterocycles. The van der Waals surface area contributed by atoms with E-state index in [1.807, 2.05) is 55.5 Å². The van der Waals surface area contributed by atoms with E-state index in [4.69, 9.17) is 14.6 Å². The van der Waals surface area contributed by atoms with Crippen LogP contribution in [0.3, 0.4) is 0 Å². The van der Waals surface area contributed by atoms with Crippen molar-refractivity contribution in [2.75, 3.05) is 20.3 Å². The largest absolute Gasteiger partial charge is 0.497 e. The molecule has 2 aliphatic rings. The first-order valence-corrected chi connectivity index (χ1v) is 11.7. The van der Waals surface area contributed by atoms with Gasteiger partial charge < -0.3 is 14.8 Å². The predicted molar refractivity (Wildman–Crippen MR) is 133 cm³/mol. The number of hydrazone groups is 1. The number of aryl methyl sites for hydroxylation is 1. The Hall–Kier alpha value is -4.13. The number of hydrogen-bond donors (Lipinski definition) is 1. The Labute approximate surface area is 204 Å². The fourth-order valence-electron chi connectivity index (χ4n) is 4.52. The zero-order valence-electron chi connectivity index (χ0n) is 19.8. The molecule has 2 heterocycles. The summed E-state index contributed by atoms with van der Waals surface area (Å²) >= 11 is 0. The third-order valence-electron chi connectivity index (χ3n) is 6.44. The molecule has 1 atom stereocenters. The van der Waals surface area contributed by atoms with Gasteiger partial charge in [0, 0.05) is 24.1 Å². The van der Waals surface area contributed by atoms with Crippen LogP contribution >= 0.6 is 0 Å². The molecule has 0 saturated heterocycles. The molecule has 1 N–H and O–H groups in total. The number of carbonyl (C=O) groups excluding carboxylic acids is 2. The molecule has 7 nitrogen and oxygen atoms in total. The fourth-order valence-corrected chi connectivity index (χ4v) is 4.52. The summed E-state index contributed by atoms with van der Waals surface area (Å²) < 4.78 is 11.2. The minimum atomic E-state index is -0.239. The highest BCUT2D eigenvalue weighted by atomic mass is 16.5. The highest BCUT2D eigenvalue weighted by Gasteiger charge is 2.33. The van der Waals surface area contributed by atoms with Crippen LogP contribution in [0.1, 0.15) is 45.1 Å². The minimum Gasteiger partial charge on any atom is -0.497 e. The summed E-state index contributed by atoms with van der Waals surface area (Å²) in [6, 6.07) is 21.0. The second-order valence-corrected chi connectivity index (χ2v) is 8.72. The molecule has 3 aromatic carbocycles. The monoisotopic (exact) mass is 469 g/mol. The quantitative estimate of drug-likeness (QED) is 0.591. The molecule has 0 saturated carbocycles. The van der Waals surface area contributed by atoms with Crippen LogP contribution in [0.15, 0.2) is 71.8 Å². The molecule has 0 aliphatic carbocycles. The molecule has 1 unspecified atom stereocenters. The number of nitrogens with zero attached hydrogens (tertiary/aromatic N) is 2. The van der Waals surface area contributed by atoms with E-state index in [9.17, 15) is 9.59 Å². The summed E-state index contributed by atoms with van der Waals surface area (Å²) in [5, 5.41) is 9.09. The topological polar surface area (TPSA) is 80.2 Å². The summed E-state index contributed by atoms with van der Waals surface area (Å²) in [5.74, 6) is 0.979. The van der Waals surface area contributed by atoms with E-state index in [0.717, 1.165) is 33.7 Å². The van der Waals surface area contributed by atoms with Crippen molar-refractivity contribution in [2.45, 2.75) is 25.8 Å². The van der Waals surface area contributed by atoms with Gasteiger partial charge in [0.25, 0.3) is 11.8 Å². The lowest BCUT2D eigenvalue weighted by Crippen LogP contribution is -2.33. The molecule has 3 aromatic rings. The Bertz CT molecular complexity index is 1280.